The van der Waals surface area contributed by atoms with E-state index in [0.29, 0.717) is 0 Å². The monoisotopic (exact) mass is 372 g/mol. The Bertz CT molecular complexity index is 1010. The lowest BCUT2D eigenvalue weighted by Gasteiger charge is -2.90. The summed E-state index contributed by atoms with van der Waals surface area (Å²) < 4.78 is 10.7. The summed E-state index contributed by atoms with van der Waals surface area (Å²) in [6.45, 7) is 0. The molecule has 7 rings (SSSR count). The van der Waals surface area contributed by atoms with Crippen LogP contribution in [-0.4, -0.2) is 26.2 Å². The van der Waals surface area contributed by atoms with Crippen LogP contribution in [0.3, 0.4) is 0 Å². The first-order chi connectivity index (χ1) is 13.7. The summed E-state index contributed by atoms with van der Waals surface area (Å²) in [5.41, 5.74) is 4.06. The Morgan fingerprint density at radius 3 is 1.39 bits per heavy atom. The number of hydrogen-bond donors (Lipinski definition) is 0. The van der Waals surface area contributed by atoms with Gasteiger partial charge < -0.3 is 9.47 Å². The van der Waals surface area contributed by atoms with Crippen molar-refractivity contribution in [3.8, 4) is 0 Å². The molecule has 0 heterocycles. The summed E-state index contributed by atoms with van der Waals surface area (Å²) in [6, 6.07) is 17.1. The summed E-state index contributed by atoms with van der Waals surface area (Å²) in [5, 5.41) is 0. The lowest BCUT2D eigenvalue weighted by molar-refractivity contribution is -0.360. The summed E-state index contributed by atoms with van der Waals surface area (Å²) in [4.78, 5) is 26.5. The van der Waals surface area contributed by atoms with Crippen LogP contribution >= 0.6 is 0 Å². The first-order valence-electron chi connectivity index (χ1n) is 10.0. The maximum Gasteiger partial charge on any atom is 0.313 e. The third-order valence-electron chi connectivity index (χ3n) is 8.98. The molecule has 5 aliphatic rings. The topological polar surface area (TPSA) is 52.6 Å². The van der Waals surface area contributed by atoms with E-state index in [1.807, 2.05) is 0 Å². The highest BCUT2D eigenvalue weighted by atomic mass is 16.5. The SMILES string of the molecule is COC(=O)C12C3[C@H]4c5ccccc5[C@@H]5[C@H](c6ccccc6[C@H]41)C2C35C(=O)OC. The zero-order valence-electron chi connectivity index (χ0n) is 15.7. The van der Waals surface area contributed by atoms with Gasteiger partial charge in [0.05, 0.1) is 25.0 Å². The van der Waals surface area contributed by atoms with Gasteiger partial charge in [0, 0.05) is 23.7 Å². The normalized spacial score (nSPS) is 43.9. The van der Waals surface area contributed by atoms with E-state index in [1.165, 1.54) is 36.5 Å². The Kier molecular flexibility index (Phi) is 2.38. The van der Waals surface area contributed by atoms with Crippen LogP contribution in [0.25, 0.3) is 0 Å². The molecule has 3 fully saturated rings. The third-order valence-corrected chi connectivity index (χ3v) is 8.98. The fraction of sp³-hybridized carbons (Fsp3) is 0.417. The molecule has 0 aromatic heterocycles. The number of carbonyl (C=O) groups is 2. The smallest absolute Gasteiger partial charge is 0.313 e. The van der Waals surface area contributed by atoms with E-state index in [0.717, 1.165) is 0 Å². The van der Waals surface area contributed by atoms with Crippen LogP contribution in [0, 0.1) is 22.7 Å². The Labute approximate surface area is 162 Å². The number of hydrogen-bond acceptors (Lipinski definition) is 4. The molecule has 4 atom stereocenters. The molecule has 2 aromatic carbocycles. The Hall–Kier alpha value is -2.62. The van der Waals surface area contributed by atoms with Crippen LogP contribution in [0.5, 0.6) is 0 Å². The van der Waals surface area contributed by atoms with Crippen LogP contribution in [0.1, 0.15) is 45.9 Å². The predicted molar refractivity (Wildman–Crippen MR) is 99.7 cm³/mol. The van der Waals surface area contributed by atoms with Crippen molar-refractivity contribution in [3.63, 3.8) is 0 Å². The average molecular weight is 372 g/mol. The molecule has 140 valence electrons. The van der Waals surface area contributed by atoms with E-state index >= 15 is 0 Å². The molecule has 2 aromatic rings. The van der Waals surface area contributed by atoms with Crippen LogP contribution in [-0.2, 0) is 19.1 Å². The van der Waals surface area contributed by atoms with Crippen LogP contribution < -0.4 is 0 Å². The number of esters is 2. The Morgan fingerprint density at radius 1 is 0.679 bits per heavy atom. The van der Waals surface area contributed by atoms with Gasteiger partial charge in [0.1, 0.15) is 0 Å². The zero-order valence-corrected chi connectivity index (χ0v) is 15.7. The van der Waals surface area contributed by atoms with Crippen LogP contribution in [0.2, 0.25) is 0 Å². The third kappa shape index (κ3) is 1.10. The molecule has 28 heavy (non-hydrogen) atoms. The van der Waals surface area contributed by atoms with Gasteiger partial charge in [-0.15, -0.1) is 0 Å². The molecule has 3 saturated carbocycles. The molecule has 0 radical (unpaired) electrons. The van der Waals surface area contributed by atoms with Crippen LogP contribution in [0.4, 0.5) is 0 Å². The Morgan fingerprint density at radius 2 is 1.04 bits per heavy atom. The summed E-state index contributed by atoms with van der Waals surface area (Å²) in [7, 11) is 2.96. The minimum Gasteiger partial charge on any atom is -0.469 e. The van der Waals surface area contributed by atoms with Gasteiger partial charge in [-0.3, -0.25) is 9.59 Å². The zero-order chi connectivity index (χ0) is 19.0. The highest BCUT2D eigenvalue weighted by Gasteiger charge is 2.99. The molecule has 0 N–H and O–H groups in total. The second-order valence-corrected chi connectivity index (χ2v) is 9.07. The molecule has 4 nitrogen and oxygen atoms in total. The van der Waals surface area contributed by atoms with Gasteiger partial charge in [-0.25, -0.2) is 0 Å². The molecule has 0 saturated heterocycles. The van der Waals surface area contributed by atoms with Gasteiger partial charge in [0.2, 0.25) is 0 Å². The molecule has 0 aliphatic heterocycles. The second kappa shape index (κ2) is 4.35. The van der Waals surface area contributed by atoms with Crippen molar-refractivity contribution in [2.24, 2.45) is 22.7 Å². The molecular formula is C24H20O4. The van der Waals surface area contributed by atoms with E-state index in [9.17, 15) is 9.59 Å². The van der Waals surface area contributed by atoms with Crippen molar-refractivity contribution in [3.05, 3.63) is 70.8 Å². The molecule has 0 bridgehead atoms. The largest absolute Gasteiger partial charge is 0.469 e. The van der Waals surface area contributed by atoms with Crippen molar-refractivity contribution in [2.45, 2.75) is 23.7 Å². The lowest BCUT2D eigenvalue weighted by atomic mass is 9.09. The average Bonchev–Trinajstić information content (AvgIpc) is 2.68. The summed E-state index contributed by atoms with van der Waals surface area (Å²) in [6.07, 6.45) is 0. The Balaban J connectivity index is 1.60. The second-order valence-electron chi connectivity index (χ2n) is 9.07. The van der Waals surface area contributed by atoms with Gasteiger partial charge in [0.15, 0.2) is 0 Å². The molecule has 0 spiro atoms. The van der Waals surface area contributed by atoms with Crippen molar-refractivity contribution < 1.29 is 19.1 Å². The standard InChI is InChI=1S/C24H20O4/c1-27-21(25)23-17-13-9-5-3-7-11(13)16-18-14-10-6-4-8-12(14)15(17)19(23)24(18,20(16)23)22(26)28-2/h3-10,15-20H,1-2H3/t15-,16-,17+,18+,19?,20?,23?,24?/m0/s1. The van der Waals surface area contributed by atoms with E-state index in [4.69, 9.17) is 9.47 Å². The maximum absolute atomic E-state index is 13.2. The number of carbonyl (C=O) groups excluding carboxylic acids is 2. The number of methoxy groups -OCH3 is 2. The van der Waals surface area contributed by atoms with E-state index in [1.54, 1.807) is 0 Å². The fourth-order valence-corrected chi connectivity index (χ4v) is 8.72. The van der Waals surface area contributed by atoms with Crippen molar-refractivity contribution in [2.75, 3.05) is 14.2 Å². The highest BCUT2D eigenvalue weighted by molar-refractivity contribution is 5.97. The molecule has 0 amide bonds. The number of ether oxygens (including phenoxy) is 2. The van der Waals surface area contributed by atoms with Crippen molar-refractivity contribution in [1.29, 1.82) is 0 Å². The summed E-state index contributed by atoms with van der Waals surface area (Å²) >= 11 is 0. The quantitative estimate of drug-likeness (QED) is 0.759. The number of benzene rings is 2. The molecule has 5 aliphatic carbocycles. The van der Waals surface area contributed by atoms with Gasteiger partial charge in [-0.1, -0.05) is 48.5 Å². The minimum atomic E-state index is -0.573. The van der Waals surface area contributed by atoms with E-state index < -0.39 is 10.8 Å². The summed E-state index contributed by atoms with van der Waals surface area (Å²) in [5.74, 6) is 0.207. The van der Waals surface area contributed by atoms with Gasteiger partial charge in [0.25, 0.3) is 0 Å². The van der Waals surface area contributed by atoms with Crippen molar-refractivity contribution >= 4 is 11.9 Å². The molecule has 4 heteroatoms. The van der Waals surface area contributed by atoms with Gasteiger partial charge in [-0.05, 0) is 34.1 Å². The maximum atomic E-state index is 13.2. The number of fused-ring (bicyclic) bond motifs is 8. The lowest BCUT2D eigenvalue weighted by Crippen LogP contribution is -2.91. The molecular weight excluding hydrogens is 352 g/mol. The minimum absolute atomic E-state index is 0.0144. The van der Waals surface area contributed by atoms with E-state index in [-0.39, 0.29) is 47.4 Å². The number of rotatable bonds is 2. The predicted octanol–water partition coefficient (Wildman–Crippen LogP) is 3.34. The molecule has 0 unspecified atom stereocenters. The first kappa shape index (κ1) is 15.3. The van der Waals surface area contributed by atoms with E-state index in [2.05, 4.69) is 48.5 Å². The van der Waals surface area contributed by atoms with Gasteiger partial charge in [-0.2, -0.15) is 0 Å². The van der Waals surface area contributed by atoms with Gasteiger partial charge >= 0.3 is 11.9 Å². The van der Waals surface area contributed by atoms with Crippen LogP contribution in [0.15, 0.2) is 48.5 Å². The van der Waals surface area contributed by atoms with Crippen molar-refractivity contribution in [1.82, 2.24) is 0 Å². The highest BCUT2D eigenvalue weighted by Crippen LogP contribution is 2.98. The fourth-order valence-electron chi connectivity index (χ4n) is 8.72. The first-order valence-corrected chi connectivity index (χ1v) is 10.0.